The third-order valence-corrected chi connectivity index (χ3v) is 6.55. The molecule has 162 valence electrons. The van der Waals surface area contributed by atoms with Crippen molar-refractivity contribution in [1.82, 2.24) is 4.57 Å². The number of ether oxygens (including phenoxy) is 3. The largest absolute Gasteiger partial charge is 0.486 e. The van der Waals surface area contributed by atoms with Crippen molar-refractivity contribution in [3.05, 3.63) is 46.8 Å². The maximum Gasteiger partial charge on any atom is 0.325 e. The number of thiazole rings is 1. The van der Waals surface area contributed by atoms with Crippen molar-refractivity contribution in [2.45, 2.75) is 30.5 Å². The van der Waals surface area contributed by atoms with Gasteiger partial charge in [-0.1, -0.05) is 31.3 Å². The molecular weight excluding hydrogens is 436 g/mol. The molecule has 1 aliphatic rings. The van der Waals surface area contributed by atoms with Crippen LogP contribution in [0.5, 0.6) is 11.5 Å². The number of esters is 1. The number of aromatic nitrogens is 1. The predicted molar refractivity (Wildman–Crippen MR) is 120 cm³/mol. The zero-order valence-corrected chi connectivity index (χ0v) is 19.0. The number of carbonyl (C=O) groups excluding carboxylic acids is 2. The summed E-state index contributed by atoms with van der Waals surface area (Å²) in [5.41, 5.74) is 1.23. The summed E-state index contributed by atoms with van der Waals surface area (Å²) < 4.78 is 18.7. The molecule has 1 aliphatic heterocycles. The van der Waals surface area contributed by atoms with Gasteiger partial charge in [0.25, 0.3) is 5.91 Å². The molecule has 7 nitrogen and oxygen atoms in total. The van der Waals surface area contributed by atoms with Gasteiger partial charge in [-0.05, 0) is 18.2 Å². The van der Waals surface area contributed by atoms with Gasteiger partial charge in [-0.3, -0.25) is 9.59 Å². The van der Waals surface area contributed by atoms with Gasteiger partial charge in [0.05, 0.1) is 17.3 Å². The lowest BCUT2D eigenvalue weighted by atomic mass is 10.2. The van der Waals surface area contributed by atoms with Gasteiger partial charge in [0.15, 0.2) is 16.3 Å². The minimum absolute atomic E-state index is 0.0640. The number of thioether (sulfide) groups is 1. The highest BCUT2D eigenvalue weighted by molar-refractivity contribution is 7.99. The number of rotatable bonds is 5. The lowest BCUT2D eigenvalue weighted by Crippen LogP contribution is -2.22. The Morgan fingerprint density at radius 3 is 2.65 bits per heavy atom. The topological polar surface area (TPSA) is 79.1 Å². The summed E-state index contributed by atoms with van der Waals surface area (Å²) in [6, 6.07) is 11.1. The summed E-state index contributed by atoms with van der Waals surface area (Å²) in [6.45, 7) is 5.07. The quantitative estimate of drug-likeness (QED) is 0.426. The Morgan fingerprint density at radius 2 is 1.94 bits per heavy atom. The maximum absolute atomic E-state index is 12.9. The summed E-state index contributed by atoms with van der Waals surface area (Å²) in [6.07, 6.45) is 0. The van der Waals surface area contributed by atoms with E-state index in [1.54, 1.807) is 22.4 Å². The first-order valence-corrected chi connectivity index (χ1v) is 11.5. The number of hydrogen-bond acceptors (Lipinski definition) is 7. The van der Waals surface area contributed by atoms with Crippen LogP contribution in [0.2, 0.25) is 0 Å². The van der Waals surface area contributed by atoms with Crippen molar-refractivity contribution >= 4 is 45.2 Å². The minimum Gasteiger partial charge on any atom is -0.486 e. The van der Waals surface area contributed by atoms with Crippen LogP contribution in [0.1, 0.15) is 24.2 Å². The molecule has 0 atom stereocenters. The first kappa shape index (κ1) is 21.5. The van der Waals surface area contributed by atoms with E-state index in [4.69, 9.17) is 14.2 Å². The van der Waals surface area contributed by atoms with E-state index in [1.165, 1.54) is 18.4 Å². The number of fused-ring (bicyclic) bond motifs is 2. The van der Waals surface area contributed by atoms with Crippen molar-refractivity contribution in [2.24, 2.45) is 4.99 Å². The van der Waals surface area contributed by atoms with Gasteiger partial charge in [0.2, 0.25) is 0 Å². The van der Waals surface area contributed by atoms with E-state index < -0.39 is 5.97 Å². The van der Waals surface area contributed by atoms with Crippen LogP contribution >= 0.6 is 23.1 Å². The molecule has 0 saturated carbocycles. The summed E-state index contributed by atoms with van der Waals surface area (Å²) >= 11 is 3.00. The molecule has 31 heavy (non-hydrogen) atoms. The lowest BCUT2D eigenvalue weighted by Gasteiger charge is -2.18. The van der Waals surface area contributed by atoms with Crippen LogP contribution in [0.15, 0.2) is 46.3 Å². The summed E-state index contributed by atoms with van der Waals surface area (Å²) in [7, 11) is 1.33. The van der Waals surface area contributed by atoms with Gasteiger partial charge in [-0.25, -0.2) is 0 Å². The molecule has 2 heterocycles. The lowest BCUT2D eigenvalue weighted by molar-refractivity contribution is -0.141. The minimum atomic E-state index is -0.432. The van der Waals surface area contributed by atoms with E-state index in [0.717, 1.165) is 15.1 Å². The van der Waals surface area contributed by atoms with E-state index >= 15 is 0 Å². The number of nitrogens with zero attached hydrogens (tertiary/aromatic N) is 2. The zero-order chi connectivity index (χ0) is 22.0. The van der Waals surface area contributed by atoms with Gasteiger partial charge in [0.1, 0.15) is 19.8 Å². The standard InChI is InChI=1S/C22H22N2O5S2/c1-13(2)30-15-6-4-5-14(9-15)21(26)23-22-24(12-20(25)27-3)16-10-17-18(11-19(16)31-22)29-8-7-28-17/h4-6,9-11,13H,7-8,12H2,1-3H3. The Bertz CT molecular complexity index is 1210. The fourth-order valence-electron chi connectivity index (χ4n) is 3.16. The van der Waals surface area contributed by atoms with E-state index in [2.05, 4.69) is 18.8 Å². The van der Waals surface area contributed by atoms with Crippen LogP contribution in [0, 0.1) is 0 Å². The van der Waals surface area contributed by atoms with Gasteiger partial charge in [-0.2, -0.15) is 4.99 Å². The second-order valence-corrected chi connectivity index (χ2v) is 9.78. The Morgan fingerprint density at radius 1 is 1.19 bits per heavy atom. The predicted octanol–water partition coefficient (Wildman–Crippen LogP) is 3.89. The monoisotopic (exact) mass is 458 g/mol. The second kappa shape index (κ2) is 9.15. The normalized spacial score (nSPS) is 13.6. The molecule has 0 saturated heterocycles. The van der Waals surface area contributed by atoms with Crippen molar-refractivity contribution in [2.75, 3.05) is 20.3 Å². The van der Waals surface area contributed by atoms with Crippen LogP contribution < -0.4 is 14.3 Å². The van der Waals surface area contributed by atoms with E-state index in [-0.39, 0.29) is 12.5 Å². The van der Waals surface area contributed by atoms with Crippen molar-refractivity contribution in [3.63, 3.8) is 0 Å². The molecular formula is C22H22N2O5S2. The van der Waals surface area contributed by atoms with Crippen molar-refractivity contribution in [3.8, 4) is 11.5 Å². The highest BCUT2D eigenvalue weighted by Crippen LogP contribution is 2.35. The number of hydrogen-bond donors (Lipinski definition) is 0. The Kier molecular flexibility index (Phi) is 6.33. The molecule has 0 fully saturated rings. The summed E-state index contributed by atoms with van der Waals surface area (Å²) in [5, 5.41) is 0.405. The van der Waals surface area contributed by atoms with Crippen LogP contribution in [-0.4, -0.2) is 42.0 Å². The molecule has 0 spiro atoms. The average molecular weight is 459 g/mol. The van der Waals surface area contributed by atoms with Crippen LogP contribution in [0.25, 0.3) is 10.2 Å². The number of benzene rings is 2. The van der Waals surface area contributed by atoms with E-state index in [0.29, 0.717) is 40.3 Å². The van der Waals surface area contributed by atoms with E-state index in [1.807, 2.05) is 30.3 Å². The molecule has 3 aromatic rings. The molecule has 4 rings (SSSR count). The first-order valence-electron chi connectivity index (χ1n) is 9.80. The van der Waals surface area contributed by atoms with Gasteiger partial charge < -0.3 is 18.8 Å². The maximum atomic E-state index is 12.9. The summed E-state index contributed by atoms with van der Waals surface area (Å²) in [5.74, 6) is 0.445. The molecule has 0 unspecified atom stereocenters. The Hall–Kier alpha value is -2.78. The smallest absolute Gasteiger partial charge is 0.325 e. The number of methoxy groups -OCH3 is 1. The van der Waals surface area contributed by atoms with Crippen LogP contribution in [-0.2, 0) is 16.1 Å². The molecule has 1 aromatic heterocycles. The third kappa shape index (κ3) is 4.77. The highest BCUT2D eigenvalue weighted by Gasteiger charge is 2.18. The molecule has 0 radical (unpaired) electrons. The fraction of sp³-hybridized carbons (Fsp3) is 0.318. The molecule has 0 aliphatic carbocycles. The highest BCUT2D eigenvalue weighted by atomic mass is 32.2. The number of carbonyl (C=O) groups is 2. The summed E-state index contributed by atoms with van der Waals surface area (Å²) in [4.78, 5) is 30.8. The van der Waals surface area contributed by atoms with Gasteiger partial charge >= 0.3 is 5.97 Å². The second-order valence-electron chi connectivity index (χ2n) is 7.12. The first-order chi connectivity index (χ1) is 14.9. The zero-order valence-electron chi connectivity index (χ0n) is 17.4. The number of amides is 1. The molecule has 1 amide bonds. The molecule has 9 heteroatoms. The van der Waals surface area contributed by atoms with Crippen molar-refractivity contribution < 1.29 is 23.8 Å². The van der Waals surface area contributed by atoms with Gasteiger partial charge in [-0.15, -0.1) is 11.8 Å². The SMILES string of the molecule is COC(=O)Cn1c(=NC(=O)c2cccc(SC(C)C)c2)sc2cc3c(cc21)OCCO3. The molecule has 0 N–H and O–H groups in total. The Labute approximate surface area is 187 Å². The van der Waals surface area contributed by atoms with Crippen molar-refractivity contribution in [1.29, 1.82) is 0 Å². The fourth-order valence-corrected chi connectivity index (χ4v) is 5.10. The van der Waals surface area contributed by atoms with Crippen LogP contribution in [0.3, 0.4) is 0 Å². The molecule has 0 bridgehead atoms. The van der Waals surface area contributed by atoms with Crippen LogP contribution in [0.4, 0.5) is 0 Å². The van der Waals surface area contributed by atoms with Gasteiger partial charge in [0, 0.05) is 27.8 Å². The Balaban J connectivity index is 1.79. The average Bonchev–Trinajstić information content (AvgIpc) is 3.07. The van der Waals surface area contributed by atoms with E-state index in [9.17, 15) is 9.59 Å². The molecule has 2 aromatic carbocycles. The third-order valence-electron chi connectivity index (χ3n) is 4.51.